The third kappa shape index (κ3) is 2.21. The second-order valence-corrected chi connectivity index (χ2v) is 5.06. The molecule has 98 valence electrons. The topological polar surface area (TPSA) is 20.3 Å². The largest absolute Gasteiger partial charge is 0.406 e. The van der Waals surface area contributed by atoms with E-state index >= 15 is 0 Å². The molecule has 2 nitrogen and oxygen atoms in total. The lowest BCUT2D eigenvalue weighted by Gasteiger charge is -2.39. The van der Waals surface area contributed by atoms with Gasteiger partial charge in [-0.25, -0.2) is 0 Å². The molecule has 1 aromatic rings. The molecule has 18 heavy (non-hydrogen) atoms. The number of fused-ring (bicyclic) bond motifs is 1. The Hall–Kier alpha value is -1.52. The summed E-state index contributed by atoms with van der Waals surface area (Å²) in [6.45, 7) is 2.16. The lowest BCUT2D eigenvalue weighted by atomic mass is 9.77. The van der Waals surface area contributed by atoms with Gasteiger partial charge in [0, 0.05) is 6.54 Å². The molecule has 0 atom stereocenters. The van der Waals surface area contributed by atoms with Gasteiger partial charge in [-0.1, -0.05) is 24.3 Å². The molecule has 1 aliphatic heterocycles. The smallest absolute Gasteiger partial charge is 0.328 e. The van der Waals surface area contributed by atoms with Gasteiger partial charge < -0.3 is 4.90 Å². The molecule has 1 aliphatic rings. The van der Waals surface area contributed by atoms with Crippen molar-refractivity contribution in [3.63, 3.8) is 0 Å². The van der Waals surface area contributed by atoms with Crippen LogP contribution in [0.2, 0.25) is 0 Å². The van der Waals surface area contributed by atoms with Crippen molar-refractivity contribution in [2.24, 2.45) is 0 Å². The van der Waals surface area contributed by atoms with Crippen molar-refractivity contribution in [2.45, 2.75) is 32.0 Å². The van der Waals surface area contributed by atoms with Crippen LogP contribution in [0.25, 0.3) is 0 Å². The van der Waals surface area contributed by atoms with E-state index < -0.39 is 24.0 Å². The number of hydrogen-bond donors (Lipinski definition) is 0. The van der Waals surface area contributed by atoms with Crippen LogP contribution < -0.4 is 0 Å². The molecule has 0 bridgehead atoms. The van der Waals surface area contributed by atoms with Gasteiger partial charge in [-0.05, 0) is 25.0 Å². The maximum atomic E-state index is 12.4. The van der Waals surface area contributed by atoms with Crippen LogP contribution in [-0.4, -0.2) is 23.5 Å². The minimum absolute atomic E-state index is 0.0257. The van der Waals surface area contributed by atoms with Crippen molar-refractivity contribution in [1.29, 1.82) is 0 Å². The van der Waals surface area contributed by atoms with E-state index in [0.717, 1.165) is 16.0 Å². The number of carbonyl (C=O) groups excluding carboxylic acids is 1. The predicted molar refractivity (Wildman–Crippen MR) is 60.9 cm³/mol. The number of rotatable bonds is 1. The van der Waals surface area contributed by atoms with Gasteiger partial charge in [0.2, 0.25) is 5.91 Å². The molecule has 0 radical (unpaired) electrons. The molecule has 0 spiro atoms. The van der Waals surface area contributed by atoms with Gasteiger partial charge in [0.05, 0.1) is 5.41 Å². The zero-order valence-corrected chi connectivity index (χ0v) is 10.2. The van der Waals surface area contributed by atoms with Crippen LogP contribution in [0.4, 0.5) is 13.2 Å². The first-order valence-electron chi connectivity index (χ1n) is 5.66. The molecule has 0 saturated carbocycles. The first-order chi connectivity index (χ1) is 8.22. The molecule has 1 aromatic carbocycles. The number of amides is 1. The molecular formula is C13H14F3NO. The molecule has 0 aliphatic carbocycles. The van der Waals surface area contributed by atoms with E-state index in [0.29, 0.717) is 0 Å². The molecule has 1 amide bonds. The molecule has 0 N–H and O–H groups in total. The van der Waals surface area contributed by atoms with Gasteiger partial charge in [-0.15, -0.1) is 0 Å². The summed E-state index contributed by atoms with van der Waals surface area (Å²) >= 11 is 0. The van der Waals surface area contributed by atoms with E-state index in [4.69, 9.17) is 0 Å². The molecule has 1 heterocycles. The van der Waals surface area contributed by atoms with E-state index in [1.165, 1.54) is 0 Å². The Morgan fingerprint density at radius 2 is 1.89 bits per heavy atom. The average molecular weight is 257 g/mol. The molecule has 0 fully saturated rings. The van der Waals surface area contributed by atoms with E-state index in [1.54, 1.807) is 38.1 Å². The Bertz CT molecular complexity index is 479. The van der Waals surface area contributed by atoms with Crippen LogP contribution in [-0.2, 0) is 16.8 Å². The first kappa shape index (κ1) is 12.9. The summed E-state index contributed by atoms with van der Waals surface area (Å²) in [4.78, 5) is 13.0. The minimum atomic E-state index is -4.36. The van der Waals surface area contributed by atoms with Gasteiger partial charge in [0.15, 0.2) is 0 Å². The van der Waals surface area contributed by atoms with Crippen LogP contribution in [0, 0.1) is 0 Å². The summed E-state index contributed by atoms with van der Waals surface area (Å²) in [5.41, 5.74) is 0.694. The number of alkyl halides is 3. The second kappa shape index (κ2) is 4.00. The quantitative estimate of drug-likeness (QED) is 0.757. The fourth-order valence-corrected chi connectivity index (χ4v) is 2.40. The average Bonchev–Trinajstić information content (AvgIpc) is 2.24. The fourth-order valence-electron chi connectivity index (χ4n) is 2.40. The molecule has 5 heteroatoms. The van der Waals surface area contributed by atoms with Gasteiger partial charge in [0.1, 0.15) is 6.54 Å². The zero-order valence-electron chi connectivity index (χ0n) is 10.2. The summed E-state index contributed by atoms with van der Waals surface area (Å²) in [6, 6.07) is 7.15. The van der Waals surface area contributed by atoms with E-state index in [-0.39, 0.29) is 6.54 Å². The van der Waals surface area contributed by atoms with Crippen molar-refractivity contribution in [1.82, 2.24) is 4.90 Å². The number of halogens is 3. The molecule has 0 saturated heterocycles. The summed E-state index contributed by atoms with van der Waals surface area (Å²) in [6.07, 6.45) is -4.36. The Labute approximate surface area is 103 Å². The maximum absolute atomic E-state index is 12.4. The zero-order chi connectivity index (χ0) is 13.6. The number of benzene rings is 1. The van der Waals surface area contributed by atoms with Crippen molar-refractivity contribution in [2.75, 3.05) is 6.54 Å². The molecule has 2 rings (SSSR count). The summed E-state index contributed by atoms with van der Waals surface area (Å²) < 4.78 is 37.3. The monoisotopic (exact) mass is 257 g/mol. The van der Waals surface area contributed by atoms with Crippen molar-refractivity contribution < 1.29 is 18.0 Å². The Morgan fingerprint density at radius 1 is 1.28 bits per heavy atom. The van der Waals surface area contributed by atoms with Crippen LogP contribution >= 0.6 is 0 Å². The van der Waals surface area contributed by atoms with Crippen molar-refractivity contribution >= 4 is 5.91 Å². The highest BCUT2D eigenvalue weighted by molar-refractivity contribution is 5.89. The van der Waals surface area contributed by atoms with Crippen LogP contribution in [0.3, 0.4) is 0 Å². The van der Waals surface area contributed by atoms with Crippen molar-refractivity contribution in [3.8, 4) is 0 Å². The van der Waals surface area contributed by atoms with Crippen LogP contribution in [0.15, 0.2) is 24.3 Å². The molecule has 0 unspecified atom stereocenters. The highest BCUT2D eigenvalue weighted by Crippen LogP contribution is 2.35. The number of carbonyl (C=O) groups is 1. The van der Waals surface area contributed by atoms with E-state index in [2.05, 4.69) is 0 Å². The summed E-state index contributed by atoms with van der Waals surface area (Å²) in [7, 11) is 0. The molecule has 0 aromatic heterocycles. The number of nitrogens with zero attached hydrogens (tertiary/aromatic N) is 1. The highest BCUT2D eigenvalue weighted by atomic mass is 19.4. The fraction of sp³-hybridized carbons (Fsp3) is 0.462. The Morgan fingerprint density at radius 3 is 2.50 bits per heavy atom. The third-order valence-corrected chi connectivity index (χ3v) is 3.24. The standard InChI is InChI=1S/C13H14F3NO/c1-12(2)10-6-4-3-5-9(10)7-17(11(12)18)8-13(14,15)16/h3-6H,7-8H2,1-2H3. The Balaban J connectivity index is 2.39. The maximum Gasteiger partial charge on any atom is 0.406 e. The lowest BCUT2D eigenvalue weighted by molar-refractivity contribution is -0.166. The van der Waals surface area contributed by atoms with Gasteiger partial charge in [-0.3, -0.25) is 4.79 Å². The van der Waals surface area contributed by atoms with E-state index in [9.17, 15) is 18.0 Å². The first-order valence-corrected chi connectivity index (χ1v) is 5.66. The van der Waals surface area contributed by atoms with Crippen LogP contribution in [0.5, 0.6) is 0 Å². The van der Waals surface area contributed by atoms with Gasteiger partial charge in [0.25, 0.3) is 0 Å². The predicted octanol–water partition coefficient (Wildman–Crippen LogP) is 2.87. The SMILES string of the molecule is CC1(C)C(=O)N(CC(F)(F)F)Cc2ccccc21. The second-order valence-electron chi connectivity index (χ2n) is 5.06. The Kier molecular flexibility index (Phi) is 2.87. The minimum Gasteiger partial charge on any atom is -0.328 e. The van der Waals surface area contributed by atoms with Crippen molar-refractivity contribution in [3.05, 3.63) is 35.4 Å². The number of hydrogen-bond acceptors (Lipinski definition) is 1. The highest BCUT2D eigenvalue weighted by Gasteiger charge is 2.43. The normalized spacial score (nSPS) is 18.7. The molecular weight excluding hydrogens is 243 g/mol. The summed E-state index contributed by atoms with van der Waals surface area (Å²) in [5, 5.41) is 0. The third-order valence-electron chi connectivity index (χ3n) is 3.24. The summed E-state index contributed by atoms with van der Waals surface area (Å²) in [5.74, 6) is -0.474. The lowest BCUT2D eigenvalue weighted by Crippen LogP contribution is -2.50. The van der Waals surface area contributed by atoms with Gasteiger partial charge >= 0.3 is 6.18 Å². The van der Waals surface area contributed by atoms with Gasteiger partial charge in [-0.2, -0.15) is 13.2 Å². The van der Waals surface area contributed by atoms with Crippen LogP contribution in [0.1, 0.15) is 25.0 Å². The van der Waals surface area contributed by atoms with E-state index in [1.807, 2.05) is 0 Å².